The van der Waals surface area contributed by atoms with Crippen LogP contribution in [0.3, 0.4) is 0 Å². The molecule has 0 saturated heterocycles. The maximum absolute atomic E-state index is 4.99. The van der Waals surface area contributed by atoms with Gasteiger partial charge in [0.1, 0.15) is 12.2 Å². The van der Waals surface area contributed by atoms with Crippen LogP contribution in [0.15, 0.2) is 41.7 Å². The quantitative estimate of drug-likeness (QED) is 0.582. The lowest BCUT2D eigenvalue weighted by Crippen LogP contribution is -2.47. The summed E-state index contributed by atoms with van der Waals surface area (Å²) in [6.07, 6.45) is 5.79. The second-order valence-electron chi connectivity index (χ2n) is 7.29. The molecule has 1 aromatic heterocycles. The van der Waals surface area contributed by atoms with Crippen molar-refractivity contribution in [3.8, 4) is 0 Å². The van der Waals surface area contributed by atoms with Gasteiger partial charge >= 0.3 is 0 Å². The standard InChI is InChI=1S/C21H32N6/c1-4-21(5-2,17-10-8-7-9-11-17)15-23-20(22-6-3)26-18-12-13-19-24-16-25-27(19)14-18/h7-11,16,18H,4-6,12-15H2,1-3H3,(H2,22,23,26). The Morgan fingerprint density at radius 1 is 1.22 bits per heavy atom. The first kappa shape index (κ1) is 19.4. The number of aryl methyl sites for hydroxylation is 1. The first-order chi connectivity index (χ1) is 13.2. The lowest BCUT2D eigenvalue weighted by atomic mass is 9.76. The van der Waals surface area contributed by atoms with E-state index >= 15 is 0 Å². The molecule has 0 spiro atoms. The van der Waals surface area contributed by atoms with Crippen molar-refractivity contribution in [3.05, 3.63) is 48.0 Å². The zero-order chi connectivity index (χ0) is 19.1. The van der Waals surface area contributed by atoms with Crippen molar-refractivity contribution in [1.82, 2.24) is 25.4 Å². The van der Waals surface area contributed by atoms with Crippen molar-refractivity contribution in [1.29, 1.82) is 0 Å². The first-order valence-corrected chi connectivity index (χ1v) is 10.2. The molecule has 0 radical (unpaired) electrons. The summed E-state index contributed by atoms with van der Waals surface area (Å²) >= 11 is 0. The predicted molar refractivity (Wildman–Crippen MR) is 110 cm³/mol. The molecule has 0 amide bonds. The van der Waals surface area contributed by atoms with Gasteiger partial charge in [0.05, 0.1) is 13.1 Å². The average Bonchev–Trinajstić information content (AvgIpc) is 3.18. The molecule has 6 nitrogen and oxygen atoms in total. The molecule has 6 heteroatoms. The van der Waals surface area contributed by atoms with Gasteiger partial charge in [-0.2, -0.15) is 5.10 Å². The molecule has 0 bridgehead atoms. The zero-order valence-electron chi connectivity index (χ0n) is 16.8. The minimum Gasteiger partial charge on any atom is -0.357 e. The summed E-state index contributed by atoms with van der Waals surface area (Å²) in [5, 5.41) is 11.3. The van der Waals surface area contributed by atoms with Gasteiger partial charge in [0.2, 0.25) is 0 Å². The van der Waals surface area contributed by atoms with Crippen molar-refractivity contribution in [3.63, 3.8) is 0 Å². The summed E-state index contributed by atoms with van der Waals surface area (Å²) in [6, 6.07) is 11.1. The van der Waals surface area contributed by atoms with Gasteiger partial charge in [-0.05, 0) is 31.7 Å². The van der Waals surface area contributed by atoms with Gasteiger partial charge in [-0.1, -0.05) is 44.2 Å². The molecule has 1 unspecified atom stereocenters. The number of fused-ring (bicyclic) bond motifs is 1. The van der Waals surface area contributed by atoms with Crippen molar-refractivity contribution in [2.75, 3.05) is 13.1 Å². The molecule has 2 aromatic rings. The van der Waals surface area contributed by atoms with E-state index in [1.807, 2.05) is 4.68 Å². The second-order valence-corrected chi connectivity index (χ2v) is 7.29. The third-order valence-corrected chi connectivity index (χ3v) is 5.77. The largest absolute Gasteiger partial charge is 0.357 e. The average molecular weight is 369 g/mol. The van der Waals surface area contributed by atoms with E-state index in [1.54, 1.807) is 6.33 Å². The van der Waals surface area contributed by atoms with Gasteiger partial charge in [0, 0.05) is 24.4 Å². The normalized spacial score (nSPS) is 17.4. The van der Waals surface area contributed by atoms with E-state index in [4.69, 9.17) is 4.99 Å². The topological polar surface area (TPSA) is 67.1 Å². The fraction of sp³-hybridized carbons (Fsp3) is 0.571. The van der Waals surface area contributed by atoms with Crippen LogP contribution in [0, 0.1) is 0 Å². The molecule has 1 aromatic carbocycles. The molecule has 0 saturated carbocycles. The van der Waals surface area contributed by atoms with Gasteiger partial charge in [-0.15, -0.1) is 0 Å². The van der Waals surface area contributed by atoms with Crippen molar-refractivity contribution < 1.29 is 0 Å². The second kappa shape index (κ2) is 9.02. The minimum absolute atomic E-state index is 0.0786. The Balaban J connectivity index is 1.72. The molecule has 0 fully saturated rings. The Kier molecular flexibility index (Phi) is 6.48. The lowest BCUT2D eigenvalue weighted by molar-refractivity contribution is 0.387. The summed E-state index contributed by atoms with van der Waals surface area (Å²) < 4.78 is 2.00. The lowest BCUT2D eigenvalue weighted by Gasteiger charge is -2.31. The van der Waals surface area contributed by atoms with Gasteiger partial charge in [0.25, 0.3) is 0 Å². The molecule has 1 atom stereocenters. The molecule has 3 rings (SSSR count). The van der Waals surface area contributed by atoms with Crippen LogP contribution in [0.2, 0.25) is 0 Å². The van der Waals surface area contributed by atoms with Crippen LogP contribution in [0.5, 0.6) is 0 Å². The highest BCUT2D eigenvalue weighted by molar-refractivity contribution is 5.80. The van der Waals surface area contributed by atoms with Crippen molar-refractivity contribution >= 4 is 5.96 Å². The predicted octanol–water partition coefficient (Wildman–Crippen LogP) is 2.91. The number of aliphatic imine (C=N–C) groups is 1. The molecule has 146 valence electrons. The molecule has 0 aliphatic carbocycles. The van der Waals surface area contributed by atoms with E-state index in [0.717, 1.165) is 57.1 Å². The van der Waals surface area contributed by atoms with E-state index in [1.165, 1.54) is 5.56 Å². The van der Waals surface area contributed by atoms with Crippen LogP contribution >= 0.6 is 0 Å². The van der Waals surface area contributed by atoms with Gasteiger partial charge in [-0.25, -0.2) is 9.67 Å². The molecule has 27 heavy (non-hydrogen) atoms. The van der Waals surface area contributed by atoms with Gasteiger partial charge in [-0.3, -0.25) is 4.99 Å². The zero-order valence-corrected chi connectivity index (χ0v) is 16.8. The monoisotopic (exact) mass is 368 g/mol. The fourth-order valence-corrected chi connectivity index (χ4v) is 3.86. The SMILES string of the molecule is CCNC(=NCC(CC)(CC)c1ccccc1)NC1CCc2ncnn2C1. The van der Waals surface area contributed by atoms with Crippen molar-refractivity contribution in [2.24, 2.45) is 4.99 Å². The summed E-state index contributed by atoms with van der Waals surface area (Å²) in [5.41, 5.74) is 1.45. The number of benzene rings is 1. The number of aromatic nitrogens is 3. The first-order valence-electron chi connectivity index (χ1n) is 10.2. The third-order valence-electron chi connectivity index (χ3n) is 5.77. The summed E-state index contributed by atoms with van der Waals surface area (Å²) in [7, 11) is 0. The van der Waals surface area contributed by atoms with E-state index in [-0.39, 0.29) is 5.41 Å². The van der Waals surface area contributed by atoms with E-state index in [9.17, 15) is 0 Å². The molecule has 2 heterocycles. The van der Waals surface area contributed by atoms with Crippen LogP contribution in [-0.2, 0) is 18.4 Å². The molecular weight excluding hydrogens is 336 g/mol. The highest BCUT2D eigenvalue weighted by Gasteiger charge is 2.28. The number of nitrogens with zero attached hydrogens (tertiary/aromatic N) is 4. The Morgan fingerprint density at radius 2 is 2.00 bits per heavy atom. The number of nitrogens with one attached hydrogen (secondary N) is 2. The van der Waals surface area contributed by atoms with Gasteiger partial charge < -0.3 is 10.6 Å². The molecular formula is C21H32N6. The highest BCUT2D eigenvalue weighted by Crippen LogP contribution is 2.32. The summed E-state index contributed by atoms with van der Waals surface area (Å²) in [5.74, 6) is 1.98. The van der Waals surface area contributed by atoms with E-state index in [0.29, 0.717) is 6.04 Å². The summed E-state index contributed by atoms with van der Waals surface area (Å²) in [4.78, 5) is 9.30. The minimum atomic E-state index is 0.0786. The molecule has 1 aliphatic heterocycles. The number of rotatable bonds is 7. The van der Waals surface area contributed by atoms with E-state index in [2.05, 4.69) is 71.8 Å². The molecule has 1 aliphatic rings. The highest BCUT2D eigenvalue weighted by atomic mass is 15.4. The maximum atomic E-state index is 4.99. The van der Waals surface area contributed by atoms with Crippen molar-refractivity contribution in [2.45, 2.75) is 64.5 Å². The van der Waals surface area contributed by atoms with Crippen LogP contribution in [0.25, 0.3) is 0 Å². The Hall–Kier alpha value is -2.37. The van der Waals surface area contributed by atoms with Crippen LogP contribution in [0.4, 0.5) is 0 Å². The Bertz CT molecular complexity index is 732. The maximum Gasteiger partial charge on any atom is 0.191 e. The van der Waals surface area contributed by atoms with E-state index < -0.39 is 0 Å². The fourth-order valence-electron chi connectivity index (χ4n) is 3.86. The Labute approximate surface area is 162 Å². The molecule has 2 N–H and O–H groups in total. The smallest absolute Gasteiger partial charge is 0.191 e. The van der Waals surface area contributed by atoms with Crippen LogP contribution < -0.4 is 10.6 Å². The number of hydrogen-bond donors (Lipinski definition) is 2. The third kappa shape index (κ3) is 4.49. The Morgan fingerprint density at radius 3 is 2.70 bits per heavy atom. The summed E-state index contributed by atoms with van der Waals surface area (Å²) in [6.45, 7) is 9.10. The van der Waals surface area contributed by atoms with Crippen LogP contribution in [-0.4, -0.2) is 39.9 Å². The van der Waals surface area contributed by atoms with Gasteiger partial charge in [0.15, 0.2) is 5.96 Å². The van der Waals surface area contributed by atoms with Crippen LogP contribution in [0.1, 0.15) is 51.4 Å². The number of guanidine groups is 1. The number of hydrogen-bond acceptors (Lipinski definition) is 3.